The van der Waals surface area contributed by atoms with Gasteiger partial charge >= 0.3 is 0 Å². The number of carbonyl (C=O) groups is 2. The van der Waals surface area contributed by atoms with Gasteiger partial charge in [-0.2, -0.15) is 0 Å². The highest BCUT2D eigenvalue weighted by Crippen LogP contribution is 2.18. The molecule has 0 atom stereocenters. The van der Waals surface area contributed by atoms with E-state index in [1.54, 1.807) is 30.3 Å². The largest absolute Gasteiger partial charge is 0.493 e. The molecule has 2 aromatic rings. The number of hydrazine groups is 1. The van der Waals surface area contributed by atoms with Gasteiger partial charge < -0.3 is 9.47 Å². The first kappa shape index (κ1) is 22.2. The predicted octanol–water partition coefficient (Wildman–Crippen LogP) is 2.89. The van der Waals surface area contributed by atoms with Crippen LogP contribution >= 0.6 is 12.2 Å². The Morgan fingerprint density at radius 3 is 2.59 bits per heavy atom. The fourth-order valence-electron chi connectivity index (χ4n) is 2.32. The molecule has 2 rings (SSSR count). The number of hydrogen-bond acceptors (Lipinski definition) is 5. The third-order valence-corrected chi connectivity index (χ3v) is 3.99. The monoisotopic (exact) mass is 415 g/mol. The lowest BCUT2D eigenvalue weighted by Gasteiger charge is -2.13. The Hall–Kier alpha value is -3.13. The van der Waals surface area contributed by atoms with E-state index in [-0.39, 0.29) is 11.7 Å². The first-order valence-corrected chi connectivity index (χ1v) is 9.72. The molecule has 2 aromatic carbocycles. The molecule has 0 aliphatic carbocycles. The highest BCUT2D eigenvalue weighted by atomic mass is 32.1. The summed E-state index contributed by atoms with van der Waals surface area (Å²) in [6.07, 6.45) is 1.89. The molecule has 0 unspecified atom stereocenters. The van der Waals surface area contributed by atoms with E-state index in [9.17, 15) is 9.59 Å². The standard InChI is InChI=1S/C21H25N3O4S/c1-3-4-12-27-18-11-6-5-10-17(18)20(26)22-21(29)24-23-19(25)14-28-16-9-7-8-15(2)13-16/h5-11,13H,3-4,12,14H2,1-2H3,(H,23,25)(H2,22,24,26,29). The molecule has 0 saturated heterocycles. The molecule has 0 aromatic heterocycles. The van der Waals surface area contributed by atoms with Crippen molar-refractivity contribution in [2.24, 2.45) is 0 Å². The average Bonchev–Trinajstić information content (AvgIpc) is 2.71. The number of carbonyl (C=O) groups excluding carboxylic acids is 2. The number of thiocarbonyl (C=S) groups is 1. The predicted molar refractivity (Wildman–Crippen MR) is 115 cm³/mol. The molecule has 0 saturated carbocycles. The van der Waals surface area contributed by atoms with Crippen molar-refractivity contribution >= 4 is 29.1 Å². The van der Waals surface area contributed by atoms with Gasteiger partial charge in [0.05, 0.1) is 12.2 Å². The second-order valence-electron chi connectivity index (χ2n) is 6.26. The fraction of sp³-hybridized carbons (Fsp3) is 0.286. The molecule has 0 aliphatic heterocycles. The van der Waals surface area contributed by atoms with Crippen molar-refractivity contribution in [1.29, 1.82) is 0 Å². The van der Waals surface area contributed by atoms with Gasteiger partial charge in [0.15, 0.2) is 11.7 Å². The molecule has 154 valence electrons. The van der Waals surface area contributed by atoms with Gasteiger partial charge in [-0.25, -0.2) is 0 Å². The average molecular weight is 416 g/mol. The summed E-state index contributed by atoms with van der Waals surface area (Å²) >= 11 is 5.05. The number of para-hydroxylation sites is 1. The Kier molecular flexibility index (Phi) is 8.91. The van der Waals surface area contributed by atoms with Crippen LogP contribution in [0.1, 0.15) is 35.7 Å². The van der Waals surface area contributed by atoms with Crippen LogP contribution in [0.4, 0.5) is 0 Å². The van der Waals surface area contributed by atoms with Gasteiger partial charge in [0.2, 0.25) is 0 Å². The third-order valence-electron chi connectivity index (χ3n) is 3.79. The first-order chi connectivity index (χ1) is 14.0. The van der Waals surface area contributed by atoms with Gasteiger partial charge in [0, 0.05) is 0 Å². The van der Waals surface area contributed by atoms with E-state index in [0.717, 1.165) is 18.4 Å². The summed E-state index contributed by atoms with van der Waals surface area (Å²) in [7, 11) is 0. The molecule has 0 fully saturated rings. The minimum atomic E-state index is -0.439. The van der Waals surface area contributed by atoms with Gasteiger partial charge in [-0.15, -0.1) is 0 Å². The molecule has 8 heteroatoms. The van der Waals surface area contributed by atoms with Crippen LogP contribution in [0.15, 0.2) is 48.5 Å². The van der Waals surface area contributed by atoms with Crippen molar-refractivity contribution in [1.82, 2.24) is 16.2 Å². The van der Waals surface area contributed by atoms with Crippen LogP contribution in [0.3, 0.4) is 0 Å². The van der Waals surface area contributed by atoms with Crippen LogP contribution in [0, 0.1) is 6.92 Å². The van der Waals surface area contributed by atoms with Crippen molar-refractivity contribution < 1.29 is 19.1 Å². The molecule has 0 radical (unpaired) electrons. The minimum Gasteiger partial charge on any atom is -0.493 e. The summed E-state index contributed by atoms with van der Waals surface area (Å²) in [6, 6.07) is 14.3. The quantitative estimate of drug-likeness (QED) is 0.349. The van der Waals surface area contributed by atoms with Crippen molar-refractivity contribution in [3.05, 3.63) is 59.7 Å². The van der Waals surface area contributed by atoms with Gasteiger partial charge in [-0.3, -0.25) is 25.8 Å². The lowest BCUT2D eigenvalue weighted by atomic mass is 10.2. The van der Waals surface area contributed by atoms with Gasteiger partial charge in [0.25, 0.3) is 11.8 Å². The van der Waals surface area contributed by atoms with E-state index in [1.807, 2.05) is 25.1 Å². The van der Waals surface area contributed by atoms with Crippen LogP contribution < -0.4 is 25.6 Å². The highest BCUT2D eigenvalue weighted by Gasteiger charge is 2.14. The molecule has 2 amide bonds. The molecule has 0 heterocycles. The number of ether oxygens (including phenoxy) is 2. The first-order valence-electron chi connectivity index (χ1n) is 9.31. The number of benzene rings is 2. The number of nitrogens with one attached hydrogen (secondary N) is 3. The summed E-state index contributed by atoms with van der Waals surface area (Å²) in [6.45, 7) is 4.33. The lowest BCUT2D eigenvalue weighted by Crippen LogP contribution is -2.49. The van der Waals surface area contributed by atoms with Crippen LogP contribution in [0.25, 0.3) is 0 Å². The van der Waals surface area contributed by atoms with Crippen LogP contribution in [0.2, 0.25) is 0 Å². The number of hydrogen-bond donors (Lipinski definition) is 3. The number of unbranched alkanes of at least 4 members (excludes halogenated alkanes) is 1. The molecule has 0 aliphatic rings. The summed E-state index contributed by atoms with van der Waals surface area (Å²) in [5.41, 5.74) is 6.26. The summed E-state index contributed by atoms with van der Waals surface area (Å²) in [5.74, 6) is 0.207. The zero-order chi connectivity index (χ0) is 21.1. The van der Waals surface area contributed by atoms with E-state index in [4.69, 9.17) is 21.7 Å². The van der Waals surface area contributed by atoms with Crippen LogP contribution in [-0.2, 0) is 4.79 Å². The van der Waals surface area contributed by atoms with E-state index in [0.29, 0.717) is 23.7 Å². The Balaban J connectivity index is 1.78. The molecule has 29 heavy (non-hydrogen) atoms. The third kappa shape index (κ3) is 7.79. The Bertz CT molecular complexity index is 857. The zero-order valence-corrected chi connectivity index (χ0v) is 17.3. The maximum Gasteiger partial charge on any atom is 0.276 e. The highest BCUT2D eigenvalue weighted by molar-refractivity contribution is 7.80. The smallest absolute Gasteiger partial charge is 0.276 e. The molecule has 0 bridgehead atoms. The number of aryl methyl sites for hydroxylation is 1. The Labute approximate surface area is 175 Å². The lowest BCUT2D eigenvalue weighted by molar-refractivity contribution is -0.123. The Morgan fingerprint density at radius 1 is 1.03 bits per heavy atom. The van der Waals surface area contributed by atoms with Crippen molar-refractivity contribution in [3.63, 3.8) is 0 Å². The second kappa shape index (κ2) is 11.7. The number of amides is 2. The Morgan fingerprint density at radius 2 is 1.83 bits per heavy atom. The maximum absolute atomic E-state index is 12.4. The van der Waals surface area contributed by atoms with Crippen molar-refractivity contribution in [2.45, 2.75) is 26.7 Å². The van der Waals surface area contributed by atoms with E-state index in [2.05, 4.69) is 23.1 Å². The topological polar surface area (TPSA) is 88.7 Å². The van der Waals surface area contributed by atoms with E-state index < -0.39 is 11.8 Å². The normalized spacial score (nSPS) is 10.0. The summed E-state index contributed by atoms with van der Waals surface area (Å²) < 4.78 is 11.0. The van der Waals surface area contributed by atoms with E-state index >= 15 is 0 Å². The molecular formula is C21H25N3O4S. The SMILES string of the molecule is CCCCOc1ccccc1C(=O)NC(=S)NNC(=O)COc1cccc(C)c1. The number of rotatable bonds is 8. The second-order valence-corrected chi connectivity index (χ2v) is 6.67. The molecule has 3 N–H and O–H groups in total. The fourth-order valence-corrected chi connectivity index (χ4v) is 2.47. The van der Waals surface area contributed by atoms with Crippen molar-refractivity contribution in [2.75, 3.05) is 13.2 Å². The molecule has 0 spiro atoms. The van der Waals surface area contributed by atoms with Crippen LogP contribution in [0.5, 0.6) is 11.5 Å². The maximum atomic E-state index is 12.4. The van der Waals surface area contributed by atoms with Gasteiger partial charge in [-0.05, 0) is 55.4 Å². The van der Waals surface area contributed by atoms with Gasteiger partial charge in [0.1, 0.15) is 11.5 Å². The van der Waals surface area contributed by atoms with Crippen LogP contribution in [-0.4, -0.2) is 30.1 Å². The van der Waals surface area contributed by atoms with Gasteiger partial charge in [-0.1, -0.05) is 37.6 Å². The minimum absolute atomic E-state index is 0.0396. The summed E-state index contributed by atoms with van der Waals surface area (Å²) in [5, 5.41) is 2.47. The zero-order valence-electron chi connectivity index (χ0n) is 16.5. The van der Waals surface area contributed by atoms with E-state index in [1.165, 1.54) is 0 Å². The molecule has 7 nitrogen and oxygen atoms in total. The molecular weight excluding hydrogens is 390 g/mol. The van der Waals surface area contributed by atoms with Crippen molar-refractivity contribution in [3.8, 4) is 11.5 Å². The summed E-state index contributed by atoms with van der Waals surface area (Å²) in [4.78, 5) is 24.3.